The first-order chi connectivity index (χ1) is 10.1. The van der Waals surface area contributed by atoms with Gasteiger partial charge in [0.2, 0.25) is 5.91 Å². The minimum atomic E-state index is -0.0892. The van der Waals surface area contributed by atoms with Crippen molar-refractivity contribution >= 4 is 11.9 Å². The lowest BCUT2D eigenvalue weighted by Gasteiger charge is -2.22. The Labute approximate surface area is 128 Å². The quantitative estimate of drug-likeness (QED) is 0.677. The van der Waals surface area contributed by atoms with E-state index in [1.165, 1.54) is 19.3 Å². The molecular formula is C16H31N3O2. The van der Waals surface area contributed by atoms with Crippen molar-refractivity contribution in [2.24, 2.45) is 0 Å². The summed E-state index contributed by atoms with van der Waals surface area (Å²) in [4.78, 5) is 25.3. The first kappa shape index (κ1) is 17.8. The third-order valence-corrected chi connectivity index (χ3v) is 4.07. The van der Waals surface area contributed by atoms with E-state index in [0.29, 0.717) is 25.4 Å². The maximum absolute atomic E-state index is 11.8. The molecule has 0 aromatic heterocycles. The lowest BCUT2D eigenvalue weighted by Crippen LogP contribution is -2.43. The zero-order chi connectivity index (χ0) is 15.5. The van der Waals surface area contributed by atoms with Crippen LogP contribution in [-0.4, -0.2) is 43.0 Å². The van der Waals surface area contributed by atoms with Gasteiger partial charge in [-0.2, -0.15) is 0 Å². The van der Waals surface area contributed by atoms with Crippen LogP contribution in [0.4, 0.5) is 4.79 Å². The first-order valence-corrected chi connectivity index (χ1v) is 8.41. The minimum absolute atomic E-state index is 0.0892. The van der Waals surface area contributed by atoms with Gasteiger partial charge >= 0.3 is 6.03 Å². The number of carbonyl (C=O) groups is 2. The fourth-order valence-corrected chi connectivity index (χ4v) is 2.64. The molecule has 0 aliphatic heterocycles. The molecule has 122 valence electrons. The second kappa shape index (κ2) is 10.5. The molecule has 0 saturated heterocycles. The van der Waals surface area contributed by atoms with Crippen LogP contribution in [0, 0.1) is 0 Å². The van der Waals surface area contributed by atoms with E-state index in [-0.39, 0.29) is 11.9 Å². The second-order valence-electron chi connectivity index (χ2n) is 6.01. The van der Waals surface area contributed by atoms with Gasteiger partial charge in [0.25, 0.3) is 0 Å². The van der Waals surface area contributed by atoms with Crippen LogP contribution in [0.3, 0.4) is 0 Å². The topological polar surface area (TPSA) is 61.4 Å². The largest absolute Gasteiger partial charge is 0.346 e. The Morgan fingerprint density at radius 3 is 2.52 bits per heavy atom. The predicted octanol–water partition coefficient (Wildman–Crippen LogP) is 2.66. The van der Waals surface area contributed by atoms with Crippen molar-refractivity contribution in [3.63, 3.8) is 0 Å². The number of urea groups is 1. The van der Waals surface area contributed by atoms with Crippen LogP contribution in [0.2, 0.25) is 0 Å². The van der Waals surface area contributed by atoms with Crippen molar-refractivity contribution in [1.82, 2.24) is 15.5 Å². The number of nitrogens with zero attached hydrogens (tertiary/aromatic N) is 1. The van der Waals surface area contributed by atoms with Gasteiger partial charge < -0.3 is 15.5 Å². The van der Waals surface area contributed by atoms with Crippen molar-refractivity contribution in [3.05, 3.63) is 0 Å². The SMILES string of the molecule is CCCCN(C)C(=O)CCCNC(=O)NC1CCCCC1. The summed E-state index contributed by atoms with van der Waals surface area (Å²) in [6, 6.07) is 0.245. The Bertz CT molecular complexity index is 315. The Balaban J connectivity index is 2.04. The highest BCUT2D eigenvalue weighted by molar-refractivity contribution is 5.76. The maximum Gasteiger partial charge on any atom is 0.315 e. The first-order valence-electron chi connectivity index (χ1n) is 8.41. The van der Waals surface area contributed by atoms with Gasteiger partial charge in [0, 0.05) is 32.6 Å². The lowest BCUT2D eigenvalue weighted by atomic mass is 9.96. The molecule has 0 unspecified atom stereocenters. The van der Waals surface area contributed by atoms with E-state index in [1.807, 2.05) is 7.05 Å². The third-order valence-electron chi connectivity index (χ3n) is 4.07. The van der Waals surface area contributed by atoms with Gasteiger partial charge in [-0.25, -0.2) is 4.79 Å². The van der Waals surface area contributed by atoms with E-state index in [2.05, 4.69) is 17.6 Å². The van der Waals surface area contributed by atoms with E-state index in [4.69, 9.17) is 0 Å². The summed E-state index contributed by atoms with van der Waals surface area (Å²) in [5.41, 5.74) is 0. The Morgan fingerprint density at radius 1 is 1.14 bits per heavy atom. The van der Waals surface area contributed by atoms with Crippen molar-refractivity contribution in [2.75, 3.05) is 20.1 Å². The highest BCUT2D eigenvalue weighted by Gasteiger charge is 2.15. The van der Waals surface area contributed by atoms with Gasteiger partial charge in [-0.1, -0.05) is 32.6 Å². The lowest BCUT2D eigenvalue weighted by molar-refractivity contribution is -0.130. The number of carbonyl (C=O) groups excluding carboxylic acids is 2. The zero-order valence-electron chi connectivity index (χ0n) is 13.6. The van der Waals surface area contributed by atoms with E-state index in [0.717, 1.165) is 32.2 Å². The Morgan fingerprint density at radius 2 is 1.86 bits per heavy atom. The molecular weight excluding hydrogens is 266 g/mol. The molecule has 0 aromatic carbocycles. The molecule has 5 nitrogen and oxygen atoms in total. The molecule has 1 aliphatic carbocycles. The molecule has 1 saturated carbocycles. The molecule has 5 heteroatoms. The predicted molar refractivity (Wildman–Crippen MR) is 85.2 cm³/mol. The number of rotatable bonds is 8. The Hall–Kier alpha value is -1.26. The summed E-state index contributed by atoms with van der Waals surface area (Å²) in [5, 5.41) is 5.86. The standard InChI is InChI=1S/C16H31N3O2/c1-3-4-13-19(2)15(20)11-8-12-17-16(21)18-14-9-6-5-7-10-14/h14H,3-13H2,1-2H3,(H2,17,18,21). The number of nitrogens with one attached hydrogen (secondary N) is 2. The second-order valence-corrected chi connectivity index (χ2v) is 6.01. The fourth-order valence-electron chi connectivity index (χ4n) is 2.64. The normalized spacial score (nSPS) is 15.5. The third kappa shape index (κ3) is 7.93. The summed E-state index contributed by atoms with van der Waals surface area (Å²) < 4.78 is 0. The molecule has 3 amide bonds. The molecule has 21 heavy (non-hydrogen) atoms. The van der Waals surface area contributed by atoms with Crippen LogP contribution in [0.1, 0.15) is 64.7 Å². The van der Waals surface area contributed by atoms with Crippen LogP contribution in [-0.2, 0) is 4.79 Å². The van der Waals surface area contributed by atoms with Crippen LogP contribution >= 0.6 is 0 Å². The van der Waals surface area contributed by atoms with Crippen molar-refractivity contribution < 1.29 is 9.59 Å². The molecule has 0 bridgehead atoms. The molecule has 0 radical (unpaired) electrons. The fraction of sp³-hybridized carbons (Fsp3) is 0.875. The molecule has 1 aliphatic rings. The number of hydrogen-bond acceptors (Lipinski definition) is 2. The summed E-state index contributed by atoms with van der Waals surface area (Å²) in [6.45, 7) is 3.50. The maximum atomic E-state index is 11.8. The number of amides is 3. The highest BCUT2D eigenvalue weighted by atomic mass is 16.2. The molecule has 0 atom stereocenters. The Kier molecular flexibility index (Phi) is 8.87. The summed E-state index contributed by atoms with van der Waals surface area (Å²) in [6.07, 6.45) is 9.24. The van der Waals surface area contributed by atoms with Crippen LogP contribution in [0.5, 0.6) is 0 Å². The van der Waals surface area contributed by atoms with E-state index in [9.17, 15) is 9.59 Å². The van der Waals surface area contributed by atoms with E-state index >= 15 is 0 Å². The van der Waals surface area contributed by atoms with Crippen molar-refractivity contribution in [1.29, 1.82) is 0 Å². The highest BCUT2D eigenvalue weighted by Crippen LogP contribution is 2.17. The number of hydrogen-bond donors (Lipinski definition) is 2. The zero-order valence-corrected chi connectivity index (χ0v) is 13.6. The van der Waals surface area contributed by atoms with Crippen LogP contribution < -0.4 is 10.6 Å². The molecule has 1 rings (SSSR count). The average molecular weight is 297 g/mol. The molecule has 0 heterocycles. The summed E-state index contributed by atoms with van der Waals surface area (Å²) in [5.74, 6) is 0.165. The van der Waals surface area contributed by atoms with Crippen molar-refractivity contribution in [2.45, 2.75) is 70.8 Å². The average Bonchev–Trinajstić information content (AvgIpc) is 2.49. The number of unbranched alkanes of at least 4 members (excludes halogenated alkanes) is 1. The van der Waals surface area contributed by atoms with Gasteiger partial charge in [-0.3, -0.25) is 4.79 Å². The smallest absolute Gasteiger partial charge is 0.315 e. The van der Waals surface area contributed by atoms with E-state index < -0.39 is 0 Å². The molecule has 2 N–H and O–H groups in total. The molecule has 1 fully saturated rings. The van der Waals surface area contributed by atoms with Crippen LogP contribution in [0.15, 0.2) is 0 Å². The monoisotopic (exact) mass is 297 g/mol. The van der Waals surface area contributed by atoms with E-state index in [1.54, 1.807) is 4.90 Å². The van der Waals surface area contributed by atoms with Crippen molar-refractivity contribution in [3.8, 4) is 0 Å². The molecule has 0 aromatic rings. The van der Waals surface area contributed by atoms with Crippen LogP contribution in [0.25, 0.3) is 0 Å². The van der Waals surface area contributed by atoms with Gasteiger partial charge in [0.15, 0.2) is 0 Å². The van der Waals surface area contributed by atoms with Gasteiger partial charge in [0.1, 0.15) is 0 Å². The van der Waals surface area contributed by atoms with Gasteiger partial charge in [0.05, 0.1) is 0 Å². The summed E-state index contributed by atoms with van der Waals surface area (Å²) in [7, 11) is 1.85. The van der Waals surface area contributed by atoms with Gasteiger partial charge in [-0.15, -0.1) is 0 Å². The summed E-state index contributed by atoms with van der Waals surface area (Å²) >= 11 is 0. The van der Waals surface area contributed by atoms with Gasteiger partial charge in [-0.05, 0) is 25.7 Å². The minimum Gasteiger partial charge on any atom is -0.346 e. The molecule has 0 spiro atoms.